The van der Waals surface area contributed by atoms with E-state index < -0.39 is 0 Å². The number of anilines is 1. The van der Waals surface area contributed by atoms with Gasteiger partial charge in [-0.1, -0.05) is 6.92 Å². The number of nitrogens with one attached hydrogen (secondary N) is 1. The summed E-state index contributed by atoms with van der Waals surface area (Å²) < 4.78 is 1.56. The third-order valence-electron chi connectivity index (χ3n) is 3.03. The lowest BCUT2D eigenvalue weighted by Gasteiger charge is -2.09. The lowest BCUT2D eigenvalue weighted by Crippen LogP contribution is -2.28. The van der Waals surface area contributed by atoms with E-state index in [1.807, 2.05) is 21.0 Å². The zero-order valence-corrected chi connectivity index (χ0v) is 12.4. The Hall–Kier alpha value is -1.56. The molecule has 0 saturated carbocycles. The highest BCUT2D eigenvalue weighted by molar-refractivity contribution is 5.97. The van der Waals surface area contributed by atoms with Gasteiger partial charge in [0.15, 0.2) is 0 Å². The zero-order chi connectivity index (χ0) is 14.4. The van der Waals surface area contributed by atoms with Crippen LogP contribution < -0.4 is 11.1 Å². The van der Waals surface area contributed by atoms with Gasteiger partial charge in [0.2, 0.25) is 0 Å². The summed E-state index contributed by atoms with van der Waals surface area (Å²) in [7, 11) is 5.83. The SMILES string of the molecule is CCc1nn(C)c(C(=O)NCCCCN(C)C)c1N. The Morgan fingerprint density at radius 3 is 2.63 bits per heavy atom. The second-order valence-corrected chi connectivity index (χ2v) is 4.95. The third-order valence-corrected chi connectivity index (χ3v) is 3.03. The highest BCUT2D eigenvalue weighted by atomic mass is 16.2. The van der Waals surface area contributed by atoms with Crippen molar-refractivity contribution < 1.29 is 4.79 Å². The number of carbonyl (C=O) groups excluding carboxylic acids is 1. The molecule has 0 aliphatic rings. The van der Waals surface area contributed by atoms with E-state index in [9.17, 15) is 4.79 Å². The summed E-state index contributed by atoms with van der Waals surface area (Å²) in [5, 5.41) is 7.13. The number of nitrogen functional groups attached to an aromatic ring is 1. The Bertz CT molecular complexity index is 425. The van der Waals surface area contributed by atoms with Crippen molar-refractivity contribution in [3.63, 3.8) is 0 Å². The summed E-state index contributed by atoms with van der Waals surface area (Å²) >= 11 is 0. The topological polar surface area (TPSA) is 76.2 Å². The van der Waals surface area contributed by atoms with Crippen LogP contribution in [0.15, 0.2) is 0 Å². The van der Waals surface area contributed by atoms with Crippen molar-refractivity contribution >= 4 is 11.6 Å². The molecule has 1 amide bonds. The predicted octanol–water partition coefficient (Wildman–Crippen LogP) is 0.636. The number of aryl methyl sites for hydroxylation is 2. The van der Waals surface area contributed by atoms with Crippen LogP contribution in [0.2, 0.25) is 0 Å². The van der Waals surface area contributed by atoms with E-state index in [1.165, 1.54) is 0 Å². The van der Waals surface area contributed by atoms with Crippen LogP contribution in [-0.2, 0) is 13.5 Å². The van der Waals surface area contributed by atoms with E-state index in [2.05, 4.69) is 15.3 Å². The van der Waals surface area contributed by atoms with Crippen LogP contribution in [0.3, 0.4) is 0 Å². The molecule has 1 rings (SSSR count). The molecule has 0 aliphatic carbocycles. The average Bonchev–Trinajstić information content (AvgIpc) is 2.63. The maximum Gasteiger partial charge on any atom is 0.271 e. The van der Waals surface area contributed by atoms with Gasteiger partial charge in [-0.05, 0) is 39.9 Å². The first kappa shape index (κ1) is 15.5. The molecular weight excluding hydrogens is 242 g/mol. The highest BCUT2D eigenvalue weighted by Crippen LogP contribution is 2.16. The van der Waals surface area contributed by atoms with Crippen LogP contribution in [0.4, 0.5) is 5.69 Å². The second-order valence-electron chi connectivity index (χ2n) is 4.95. The number of carbonyl (C=O) groups is 1. The molecular formula is C13H25N5O. The molecule has 0 spiro atoms. The molecule has 0 unspecified atom stereocenters. The molecule has 6 heteroatoms. The van der Waals surface area contributed by atoms with Gasteiger partial charge in [-0.15, -0.1) is 0 Å². The molecule has 3 N–H and O–H groups in total. The maximum absolute atomic E-state index is 12.1. The Morgan fingerprint density at radius 1 is 1.42 bits per heavy atom. The average molecular weight is 267 g/mol. The number of unbranched alkanes of at least 4 members (excludes halogenated alkanes) is 1. The van der Waals surface area contributed by atoms with Crippen molar-refractivity contribution in [2.24, 2.45) is 7.05 Å². The third kappa shape index (κ3) is 4.24. The number of nitrogens with two attached hydrogens (primary N) is 1. The fraction of sp³-hybridized carbons (Fsp3) is 0.692. The summed E-state index contributed by atoms with van der Waals surface area (Å²) in [5.41, 5.74) is 7.67. The Morgan fingerprint density at radius 2 is 2.11 bits per heavy atom. The number of amides is 1. The van der Waals surface area contributed by atoms with Crippen molar-refractivity contribution in [3.8, 4) is 0 Å². The van der Waals surface area contributed by atoms with Crippen LogP contribution in [0, 0.1) is 0 Å². The molecule has 1 aromatic rings. The first-order valence-electron chi connectivity index (χ1n) is 6.71. The van der Waals surface area contributed by atoms with Gasteiger partial charge < -0.3 is 16.0 Å². The largest absolute Gasteiger partial charge is 0.395 e. The van der Waals surface area contributed by atoms with Gasteiger partial charge in [0.25, 0.3) is 5.91 Å². The second kappa shape index (κ2) is 7.13. The summed E-state index contributed by atoms with van der Waals surface area (Å²) in [6.45, 7) is 3.67. The minimum atomic E-state index is -0.142. The van der Waals surface area contributed by atoms with Gasteiger partial charge in [0.1, 0.15) is 5.69 Å². The van der Waals surface area contributed by atoms with Gasteiger partial charge in [-0.2, -0.15) is 5.10 Å². The van der Waals surface area contributed by atoms with Crippen molar-refractivity contribution in [1.29, 1.82) is 0 Å². The molecule has 0 saturated heterocycles. The molecule has 108 valence electrons. The number of aromatic nitrogens is 2. The number of nitrogens with zero attached hydrogens (tertiary/aromatic N) is 3. The van der Waals surface area contributed by atoms with E-state index in [-0.39, 0.29) is 5.91 Å². The van der Waals surface area contributed by atoms with Crippen molar-refractivity contribution in [2.75, 3.05) is 32.9 Å². The van der Waals surface area contributed by atoms with E-state index in [4.69, 9.17) is 5.73 Å². The first-order valence-corrected chi connectivity index (χ1v) is 6.71. The van der Waals surface area contributed by atoms with Crippen LogP contribution in [0.5, 0.6) is 0 Å². The number of hydrogen-bond donors (Lipinski definition) is 2. The zero-order valence-electron chi connectivity index (χ0n) is 12.4. The van der Waals surface area contributed by atoms with Crippen LogP contribution >= 0.6 is 0 Å². The van der Waals surface area contributed by atoms with Gasteiger partial charge in [0, 0.05) is 13.6 Å². The summed E-state index contributed by atoms with van der Waals surface area (Å²) in [4.78, 5) is 14.2. The normalized spacial score (nSPS) is 11.0. The van der Waals surface area contributed by atoms with E-state index in [0.29, 0.717) is 17.9 Å². The maximum atomic E-state index is 12.1. The highest BCUT2D eigenvalue weighted by Gasteiger charge is 2.18. The Kier molecular flexibility index (Phi) is 5.82. The molecule has 0 radical (unpaired) electrons. The monoisotopic (exact) mass is 267 g/mol. The number of hydrogen-bond acceptors (Lipinski definition) is 4. The molecule has 1 heterocycles. The molecule has 19 heavy (non-hydrogen) atoms. The minimum absolute atomic E-state index is 0.142. The molecule has 6 nitrogen and oxygen atoms in total. The van der Waals surface area contributed by atoms with Crippen LogP contribution in [-0.4, -0.2) is 47.8 Å². The summed E-state index contributed by atoms with van der Waals surface area (Å²) in [5.74, 6) is -0.142. The molecule has 0 aliphatic heterocycles. The van der Waals surface area contributed by atoms with Crippen molar-refractivity contribution in [2.45, 2.75) is 26.2 Å². The lowest BCUT2D eigenvalue weighted by molar-refractivity contribution is 0.0944. The quantitative estimate of drug-likeness (QED) is 0.711. The lowest BCUT2D eigenvalue weighted by atomic mass is 10.2. The molecule has 1 aromatic heterocycles. The fourth-order valence-electron chi connectivity index (χ4n) is 1.97. The molecule has 0 atom stereocenters. The van der Waals surface area contributed by atoms with Crippen molar-refractivity contribution in [1.82, 2.24) is 20.0 Å². The van der Waals surface area contributed by atoms with Crippen LogP contribution in [0.1, 0.15) is 35.9 Å². The van der Waals surface area contributed by atoms with Gasteiger partial charge in [0.05, 0.1) is 11.4 Å². The Labute approximate surface area is 114 Å². The predicted molar refractivity (Wildman–Crippen MR) is 77.1 cm³/mol. The van der Waals surface area contributed by atoms with Crippen molar-refractivity contribution in [3.05, 3.63) is 11.4 Å². The standard InChI is InChI=1S/C13H25N5O/c1-5-10-11(14)12(18(4)16-10)13(19)15-8-6-7-9-17(2)3/h5-9,14H2,1-4H3,(H,15,19). The summed E-state index contributed by atoms with van der Waals surface area (Å²) in [6, 6.07) is 0. The summed E-state index contributed by atoms with van der Waals surface area (Å²) in [6.07, 6.45) is 2.76. The smallest absolute Gasteiger partial charge is 0.271 e. The van der Waals surface area contributed by atoms with Crippen LogP contribution in [0.25, 0.3) is 0 Å². The van der Waals surface area contributed by atoms with Gasteiger partial charge in [-0.3, -0.25) is 9.48 Å². The van der Waals surface area contributed by atoms with E-state index in [1.54, 1.807) is 11.7 Å². The van der Waals surface area contributed by atoms with Gasteiger partial charge >= 0.3 is 0 Å². The molecule has 0 fully saturated rings. The fourth-order valence-corrected chi connectivity index (χ4v) is 1.97. The minimum Gasteiger partial charge on any atom is -0.395 e. The van der Waals surface area contributed by atoms with Gasteiger partial charge in [-0.25, -0.2) is 0 Å². The van der Waals surface area contributed by atoms with E-state index in [0.717, 1.165) is 31.5 Å². The van der Waals surface area contributed by atoms with E-state index >= 15 is 0 Å². The molecule has 0 aromatic carbocycles. The number of rotatable bonds is 7. The Balaban J connectivity index is 2.48. The first-order chi connectivity index (χ1) is 8.97. The molecule has 0 bridgehead atoms.